The molecule has 0 heterocycles. The summed E-state index contributed by atoms with van der Waals surface area (Å²) >= 11 is 0. The quantitative estimate of drug-likeness (QED) is 0.635. The summed E-state index contributed by atoms with van der Waals surface area (Å²) in [5.41, 5.74) is 4.37. The third-order valence-corrected chi connectivity index (χ3v) is 2.60. The van der Waals surface area contributed by atoms with Crippen molar-refractivity contribution in [2.45, 2.75) is 13.3 Å². The Morgan fingerprint density at radius 2 is 2.00 bits per heavy atom. The molecule has 0 saturated carbocycles. The molecule has 2 aromatic rings. The van der Waals surface area contributed by atoms with Crippen molar-refractivity contribution in [2.75, 3.05) is 12.0 Å². The highest BCUT2D eigenvalue weighted by Gasteiger charge is 2.03. The highest BCUT2D eigenvalue weighted by molar-refractivity contribution is 5.84. The van der Waals surface area contributed by atoms with E-state index in [1.54, 1.807) is 12.3 Å². The van der Waals surface area contributed by atoms with Crippen LogP contribution in [0.3, 0.4) is 0 Å². The zero-order chi connectivity index (χ0) is 14.2. The molecule has 0 saturated heterocycles. The Hall–Kier alpha value is -2.36. The van der Waals surface area contributed by atoms with Crippen molar-refractivity contribution in [3.05, 3.63) is 59.9 Å². The predicted octanol–water partition coefficient (Wildman–Crippen LogP) is 4.06. The fraction of sp³-hybridized carbons (Fsp3) is 0.188. The Kier molecular flexibility index (Phi) is 5.12. The zero-order valence-electron chi connectivity index (χ0n) is 11.3. The molecule has 0 aliphatic carbocycles. The lowest BCUT2D eigenvalue weighted by molar-refractivity contribution is 0.316. The van der Waals surface area contributed by atoms with Crippen LogP contribution < -0.4 is 10.2 Å². The number of rotatable bonds is 6. The van der Waals surface area contributed by atoms with Gasteiger partial charge in [0, 0.05) is 5.56 Å². The average Bonchev–Trinajstić information content (AvgIpc) is 2.47. The minimum Gasteiger partial charge on any atom is -0.493 e. The Balaban J connectivity index is 2.09. The molecule has 0 radical (unpaired) electrons. The molecule has 4 heteroatoms. The number of anilines is 1. The number of benzene rings is 2. The SMILES string of the molecule is CCCOc1ccc(F)cc1C=NNc1ccccc1. The van der Waals surface area contributed by atoms with Crippen LogP contribution in [0.25, 0.3) is 0 Å². The molecule has 1 N–H and O–H groups in total. The fourth-order valence-corrected chi connectivity index (χ4v) is 1.65. The summed E-state index contributed by atoms with van der Waals surface area (Å²) in [4.78, 5) is 0. The smallest absolute Gasteiger partial charge is 0.128 e. The van der Waals surface area contributed by atoms with Crippen molar-refractivity contribution in [1.29, 1.82) is 0 Å². The monoisotopic (exact) mass is 272 g/mol. The number of ether oxygens (including phenoxy) is 1. The molecule has 2 aromatic carbocycles. The summed E-state index contributed by atoms with van der Waals surface area (Å²) in [6.45, 7) is 2.62. The molecule has 3 nitrogen and oxygen atoms in total. The van der Waals surface area contributed by atoms with E-state index in [4.69, 9.17) is 4.74 Å². The third-order valence-electron chi connectivity index (χ3n) is 2.60. The first-order valence-corrected chi connectivity index (χ1v) is 6.56. The number of halogens is 1. The number of hydrogen-bond donors (Lipinski definition) is 1. The van der Waals surface area contributed by atoms with Crippen LogP contribution in [-0.4, -0.2) is 12.8 Å². The highest BCUT2D eigenvalue weighted by atomic mass is 19.1. The lowest BCUT2D eigenvalue weighted by Gasteiger charge is -2.08. The van der Waals surface area contributed by atoms with E-state index in [0.29, 0.717) is 17.9 Å². The number of nitrogens with zero attached hydrogens (tertiary/aromatic N) is 1. The number of nitrogens with one attached hydrogen (secondary N) is 1. The van der Waals surface area contributed by atoms with Gasteiger partial charge in [-0.1, -0.05) is 25.1 Å². The van der Waals surface area contributed by atoms with Crippen molar-refractivity contribution in [3.63, 3.8) is 0 Å². The van der Waals surface area contributed by atoms with Gasteiger partial charge in [0.2, 0.25) is 0 Å². The molecular weight excluding hydrogens is 255 g/mol. The van der Waals surface area contributed by atoms with E-state index in [9.17, 15) is 4.39 Å². The van der Waals surface area contributed by atoms with Gasteiger partial charge in [-0.05, 0) is 36.8 Å². The van der Waals surface area contributed by atoms with E-state index < -0.39 is 0 Å². The summed E-state index contributed by atoms with van der Waals surface area (Å²) in [5, 5.41) is 4.10. The molecular formula is C16H17FN2O. The molecule has 0 aliphatic rings. The van der Waals surface area contributed by atoms with Crippen LogP contribution >= 0.6 is 0 Å². The van der Waals surface area contributed by atoms with Crippen LogP contribution in [0.15, 0.2) is 53.6 Å². The molecule has 0 atom stereocenters. The second-order valence-electron chi connectivity index (χ2n) is 4.27. The number of hydrogen-bond acceptors (Lipinski definition) is 3. The van der Waals surface area contributed by atoms with Gasteiger partial charge in [-0.3, -0.25) is 5.43 Å². The topological polar surface area (TPSA) is 33.6 Å². The maximum Gasteiger partial charge on any atom is 0.128 e. The average molecular weight is 272 g/mol. The molecule has 104 valence electrons. The van der Waals surface area contributed by atoms with Crippen molar-refractivity contribution in [2.24, 2.45) is 5.10 Å². The lowest BCUT2D eigenvalue weighted by Crippen LogP contribution is -2.00. The summed E-state index contributed by atoms with van der Waals surface area (Å²) in [7, 11) is 0. The van der Waals surface area contributed by atoms with E-state index in [2.05, 4.69) is 10.5 Å². The number of para-hydroxylation sites is 1. The van der Waals surface area contributed by atoms with Gasteiger partial charge in [-0.2, -0.15) is 5.10 Å². The summed E-state index contributed by atoms with van der Waals surface area (Å²) < 4.78 is 18.8. The molecule has 20 heavy (non-hydrogen) atoms. The van der Waals surface area contributed by atoms with E-state index in [1.165, 1.54) is 12.1 Å². The van der Waals surface area contributed by atoms with Crippen molar-refractivity contribution in [3.8, 4) is 5.75 Å². The molecule has 0 bridgehead atoms. The highest BCUT2D eigenvalue weighted by Crippen LogP contribution is 2.18. The van der Waals surface area contributed by atoms with E-state index in [1.807, 2.05) is 37.3 Å². The van der Waals surface area contributed by atoms with Crippen LogP contribution in [0.5, 0.6) is 5.75 Å². The second kappa shape index (κ2) is 7.28. The summed E-state index contributed by atoms with van der Waals surface area (Å²) in [6, 6.07) is 14.0. The van der Waals surface area contributed by atoms with Crippen molar-refractivity contribution < 1.29 is 9.13 Å². The van der Waals surface area contributed by atoms with Crippen LogP contribution in [0, 0.1) is 5.82 Å². The van der Waals surface area contributed by atoms with Gasteiger partial charge in [0.1, 0.15) is 11.6 Å². The normalized spacial score (nSPS) is 10.7. The Morgan fingerprint density at radius 3 is 2.75 bits per heavy atom. The van der Waals surface area contributed by atoms with E-state index in [0.717, 1.165) is 12.1 Å². The lowest BCUT2D eigenvalue weighted by atomic mass is 10.2. The minimum atomic E-state index is -0.310. The molecule has 0 amide bonds. The van der Waals surface area contributed by atoms with Gasteiger partial charge in [0.15, 0.2) is 0 Å². The van der Waals surface area contributed by atoms with Crippen molar-refractivity contribution >= 4 is 11.9 Å². The first-order chi connectivity index (χ1) is 9.79. The maximum absolute atomic E-state index is 13.3. The van der Waals surface area contributed by atoms with Crippen LogP contribution in [0.2, 0.25) is 0 Å². The summed E-state index contributed by atoms with van der Waals surface area (Å²) in [6.07, 6.45) is 2.46. The molecule has 0 unspecified atom stereocenters. The molecule has 2 rings (SSSR count). The van der Waals surface area contributed by atoms with Gasteiger partial charge >= 0.3 is 0 Å². The van der Waals surface area contributed by atoms with Crippen LogP contribution in [0.1, 0.15) is 18.9 Å². The first kappa shape index (κ1) is 14.1. The molecule has 0 aliphatic heterocycles. The largest absolute Gasteiger partial charge is 0.493 e. The van der Waals surface area contributed by atoms with E-state index in [-0.39, 0.29) is 5.82 Å². The maximum atomic E-state index is 13.3. The Labute approximate surface area is 118 Å². The second-order valence-corrected chi connectivity index (χ2v) is 4.27. The first-order valence-electron chi connectivity index (χ1n) is 6.56. The molecule has 0 fully saturated rings. The van der Waals surface area contributed by atoms with Crippen LogP contribution in [-0.2, 0) is 0 Å². The Morgan fingerprint density at radius 1 is 1.20 bits per heavy atom. The minimum absolute atomic E-state index is 0.310. The fourth-order valence-electron chi connectivity index (χ4n) is 1.65. The van der Waals surface area contributed by atoms with Gasteiger partial charge < -0.3 is 4.74 Å². The standard InChI is InChI=1S/C16H17FN2O/c1-2-10-20-16-9-8-14(17)11-13(16)12-18-19-15-6-4-3-5-7-15/h3-9,11-12,19H,2,10H2,1H3. The van der Waals surface area contributed by atoms with Crippen molar-refractivity contribution in [1.82, 2.24) is 0 Å². The van der Waals surface area contributed by atoms with Gasteiger partial charge in [0.25, 0.3) is 0 Å². The zero-order valence-corrected chi connectivity index (χ0v) is 11.3. The number of hydrazone groups is 1. The van der Waals surface area contributed by atoms with Gasteiger partial charge in [-0.15, -0.1) is 0 Å². The van der Waals surface area contributed by atoms with E-state index >= 15 is 0 Å². The van der Waals surface area contributed by atoms with Crippen LogP contribution in [0.4, 0.5) is 10.1 Å². The molecule has 0 aromatic heterocycles. The van der Waals surface area contributed by atoms with Gasteiger partial charge in [-0.25, -0.2) is 4.39 Å². The molecule has 0 spiro atoms. The van der Waals surface area contributed by atoms with Gasteiger partial charge in [0.05, 0.1) is 18.5 Å². The Bertz CT molecular complexity index is 570. The predicted molar refractivity (Wildman–Crippen MR) is 79.8 cm³/mol. The summed E-state index contributed by atoms with van der Waals surface area (Å²) in [5.74, 6) is 0.321. The third kappa shape index (κ3) is 4.09.